The van der Waals surface area contributed by atoms with Crippen molar-refractivity contribution in [3.63, 3.8) is 0 Å². The smallest absolute Gasteiger partial charge is 0.300 e. The molecule has 0 aliphatic carbocycles. The van der Waals surface area contributed by atoms with E-state index in [2.05, 4.69) is 15.6 Å². The van der Waals surface area contributed by atoms with Crippen LogP contribution in [-0.2, 0) is 0 Å². The Morgan fingerprint density at radius 1 is 1.62 bits per heavy atom. The molecule has 0 aliphatic rings. The van der Waals surface area contributed by atoms with E-state index in [1.165, 1.54) is 6.07 Å². The molecule has 2 N–H and O–H groups in total. The van der Waals surface area contributed by atoms with Crippen molar-refractivity contribution in [3.8, 4) is 0 Å². The predicted octanol–water partition coefficient (Wildman–Crippen LogP) is 0.781. The van der Waals surface area contributed by atoms with Gasteiger partial charge in [0.2, 0.25) is 0 Å². The highest BCUT2D eigenvalue weighted by molar-refractivity contribution is 5.98. The topological polar surface area (TPSA) is 97.2 Å². The number of carbonyl (C=O) groups excluding carboxylic acids is 1. The fourth-order valence-electron chi connectivity index (χ4n) is 1.17. The van der Waals surface area contributed by atoms with Gasteiger partial charge in [0.05, 0.1) is 4.92 Å². The van der Waals surface area contributed by atoms with E-state index in [1.807, 2.05) is 0 Å². The summed E-state index contributed by atoms with van der Waals surface area (Å²) >= 11 is 0. The summed E-state index contributed by atoms with van der Waals surface area (Å²) in [5, 5.41) is 15.9. The molecule has 0 spiro atoms. The number of nitrogens with one attached hydrogen (secondary N) is 2. The number of nitrogens with zero attached hydrogens (tertiary/aromatic N) is 2. The Morgan fingerprint density at radius 3 is 2.81 bits per heavy atom. The fraction of sp³-hybridized carbons (Fsp3) is 0.333. The summed E-state index contributed by atoms with van der Waals surface area (Å²) in [5.74, 6) is -0.0695. The average molecular weight is 224 g/mol. The third kappa shape index (κ3) is 2.44. The van der Waals surface area contributed by atoms with Crippen LogP contribution >= 0.6 is 0 Å². The molecule has 7 nitrogen and oxygen atoms in total. The molecule has 1 heterocycles. The molecule has 0 aliphatic heterocycles. The summed E-state index contributed by atoms with van der Waals surface area (Å²) in [6, 6.07) is 1.35. The van der Waals surface area contributed by atoms with Crippen LogP contribution in [0.15, 0.2) is 12.3 Å². The van der Waals surface area contributed by atoms with Crippen LogP contribution in [0.4, 0.5) is 11.5 Å². The van der Waals surface area contributed by atoms with Crippen molar-refractivity contribution >= 4 is 17.4 Å². The molecule has 1 aromatic heterocycles. The van der Waals surface area contributed by atoms with Crippen molar-refractivity contribution < 1.29 is 9.72 Å². The van der Waals surface area contributed by atoms with E-state index in [0.717, 1.165) is 6.20 Å². The molecule has 0 fully saturated rings. The molecule has 0 saturated carbocycles. The summed E-state index contributed by atoms with van der Waals surface area (Å²) in [6.07, 6.45) is 1.07. The van der Waals surface area contributed by atoms with Crippen molar-refractivity contribution in [2.75, 3.05) is 18.9 Å². The number of hydrogen-bond acceptors (Lipinski definition) is 5. The SMILES string of the molecule is CCNC(=O)c1cc(NC)ncc1[N+](=O)[O-]. The number of anilines is 1. The summed E-state index contributed by atoms with van der Waals surface area (Å²) in [4.78, 5) is 25.4. The van der Waals surface area contributed by atoms with Crippen molar-refractivity contribution in [2.45, 2.75) is 6.92 Å². The lowest BCUT2D eigenvalue weighted by atomic mass is 10.2. The van der Waals surface area contributed by atoms with E-state index < -0.39 is 10.8 Å². The van der Waals surface area contributed by atoms with E-state index in [0.29, 0.717) is 12.4 Å². The lowest BCUT2D eigenvalue weighted by molar-refractivity contribution is -0.385. The number of nitro groups is 1. The number of hydrogen-bond donors (Lipinski definition) is 2. The first-order valence-electron chi connectivity index (χ1n) is 4.70. The summed E-state index contributed by atoms with van der Waals surface area (Å²) < 4.78 is 0. The molecule has 0 unspecified atom stereocenters. The van der Waals surface area contributed by atoms with Gasteiger partial charge < -0.3 is 10.6 Å². The number of carbonyl (C=O) groups is 1. The lowest BCUT2D eigenvalue weighted by Gasteiger charge is -2.05. The van der Waals surface area contributed by atoms with Crippen LogP contribution < -0.4 is 10.6 Å². The van der Waals surface area contributed by atoms with E-state index in [-0.39, 0.29) is 11.3 Å². The van der Waals surface area contributed by atoms with Gasteiger partial charge in [-0.25, -0.2) is 4.98 Å². The van der Waals surface area contributed by atoms with Gasteiger partial charge in [-0.3, -0.25) is 14.9 Å². The minimum Gasteiger partial charge on any atom is -0.373 e. The molecule has 1 aromatic rings. The molecule has 7 heteroatoms. The molecule has 86 valence electrons. The molecule has 0 aromatic carbocycles. The highest BCUT2D eigenvalue weighted by Crippen LogP contribution is 2.19. The Morgan fingerprint density at radius 2 is 2.31 bits per heavy atom. The first-order valence-corrected chi connectivity index (χ1v) is 4.70. The van der Waals surface area contributed by atoms with Gasteiger partial charge in [0.15, 0.2) is 0 Å². The first-order chi connectivity index (χ1) is 7.60. The van der Waals surface area contributed by atoms with Crippen LogP contribution in [0.2, 0.25) is 0 Å². The lowest BCUT2D eigenvalue weighted by Crippen LogP contribution is -2.23. The van der Waals surface area contributed by atoms with Gasteiger partial charge in [0, 0.05) is 19.7 Å². The second-order valence-corrected chi connectivity index (χ2v) is 2.95. The van der Waals surface area contributed by atoms with Gasteiger partial charge in [-0.15, -0.1) is 0 Å². The molecule has 0 bridgehead atoms. The van der Waals surface area contributed by atoms with E-state index in [1.54, 1.807) is 14.0 Å². The van der Waals surface area contributed by atoms with E-state index in [4.69, 9.17) is 0 Å². The van der Waals surface area contributed by atoms with Gasteiger partial charge in [0.25, 0.3) is 11.6 Å². The monoisotopic (exact) mass is 224 g/mol. The van der Waals surface area contributed by atoms with Crippen molar-refractivity contribution in [3.05, 3.63) is 27.9 Å². The third-order valence-electron chi connectivity index (χ3n) is 1.92. The summed E-state index contributed by atoms with van der Waals surface area (Å²) in [7, 11) is 1.62. The molecular formula is C9H12N4O3. The molecular weight excluding hydrogens is 212 g/mol. The molecule has 0 radical (unpaired) electrons. The minimum atomic E-state index is -0.628. The second kappa shape index (κ2) is 5.06. The van der Waals surface area contributed by atoms with Crippen LogP contribution in [0.25, 0.3) is 0 Å². The number of pyridine rings is 1. The zero-order chi connectivity index (χ0) is 12.1. The molecule has 1 rings (SSSR count). The maximum atomic E-state index is 11.6. The average Bonchev–Trinajstić information content (AvgIpc) is 2.28. The van der Waals surface area contributed by atoms with Crippen LogP contribution in [0, 0.1) is 10.1 Å². The fourth-order valence-corrected chi connectivity index (χ4v) is 1.17. The Balaban J connectivity index is 3.20. The molecule has 0 saturated heterocycles. The highest BCUT2D eigenvalue weighted by Gasteiger charge is 2.20. The number of aromatic nitrogens is 1. The Kier molecular flexibility index (Phi) is 3.76. The van der Waals surface area contributed by atoms with Crippen molar-refractivity contribution in [1.29, 1.82) is 0 Å². The molecule has 16 heavy (non-hydrogen) atoms. The normalized spacial score (nSPS) is 9.62. The van der Waals surface area contributed by atoms with Gasteiger partial charge in [-0.05, 0) is 6.92 Å². The summed E-state index contributed by atoms with van der Waals surface area (Å²) in [6.45, 7) is 2.15. The Hall–Kier alpha value is -2.18. The van der Waals surface area contributed by atoms with Gasteiger partial charge in [-0.1, -0.05) is 0 Å². The van der Waals surface area contributed by atoms with Crippen molar-refractivity contribution in [1.82, 2.24) is 10.3 Å². The standard InChI is InChI=1S/C9H12N4O3/c1-3-11-9(14)6-4-8(10-2)12-5-7(6)13(15)16/h4-5H,3H2,1-2H3,(H,10,12)(H,11,14). The Labute approximate surface area is 92.0 Å². The van der Waals surface area contributed by atoms with E-state index in [9.17, 15) is 14.9 Å². The minimum absolute atomic E-state index is 0.00574. The molecule has 0 atom stereocenters. The zero-order valence-corrected chi connectivity index (χ0v) is 8.98. The second-order valence-electron chi connectivity index (χ2n) is 2.95. The van der Waals surface area contributed by atoms with Crippen LogP contribution in [0.3, 0.4) is 0 Å². The maximum Gasteiger partial charge on any atom is 0.300 e. The quantitative estimate of drug-likeness (QED) is 0.581. The largest absolute Gasteiger partial charge is 0.373 e. The van der Waals surface area contributed by atoms with E-state index >= 15 is 0 Å². The van der Waals surface area contributed by atoms with Crippen molar-refractivity contribution in [2.24, 2.45) is 0 Å². The zero-order valence-electron chi connectivity index (χ0n) is 8.98. The maximum absolute atomic E-state index is 11.6. The summed E-state index contributed by atoms with van der Waals surface area (Å²) in [5.41, 5.74) is -0.295. The number of rotatable bonds is 4. The van der Waals surface area contributed by atoms with Crippen LogP contribution in [0.5, 0.6) is 0 Å². The van der Waals surface area contributed by atoms with Gasteiger partial charge in [-0.2, -0.15) is 0 Å². The Bertz CT molecular complexity index is 419. The number of amides is 1. The highest BCUT2D eigenvalue weighted by atomic mass is 16.6. The van der Waals surface area contributed by atoms with Crippen LogP contribution in [-0.4, -0.2) is 29.4 Å². The van der Waals surface area contributed by atoms with Gasteiger partial charge in [0.1, 0.15) is 17.6 Å². The molecule has 1 amide bonds. The van der Waals surface area contributed by atoms with Crippen LogP contribution in [0.1, 0.15) is 17.3 Å². The van der Waals surface area contributed by atoms with Gasteiger partial charge >= 0.3 is 0 Å². The third-order valence-corrected chi connectivity index (χ3v) is 1.92. The first kappa shape index (κ1) is 11.9. The predicted molar refractivity (Wildman–Crippen MR) is 58.4 cm³/mol.